The molecule has 2 saturated carbocycles. The summed E-state index contributed by atoms with van der Waals surface area (Å²) in [4.78, 5) is 37.7. The van der Waals surface area contributed by atoms with E-state index >= 15 is 0 Å². The molecule has 4 rings (SSSR count). The molecule has 2 N–H and O–H groups in total. The highest BCUT2D eigenvalue weighted by molar-refractivity contribution is 6.09. The van der Waals surface area contributed by atoms with E-state index in [0.717, 1.165) is 18.4 Å². The molecule has 0 amide bonds. The lowest BCUT2D eigenvalue weighted by Crippen LogP contribution is -2.58. The van der Waals surface area contributed by atoms with Crippen LogP contribution in [0.3, 0.4) is 0 Å². The zero-order valence-corrected chi connectivity index (χ0v) is 19.4. The maximum absolute atomic E-state index is 13.2. The number of rotatable bonds is 6. The van der Waals surface area contributed by atoms with Crippen molar-refractivity contribution < 1.29 is 29.3 Å². The molecule has 0 spiro atoms. The van der Waals surface area contributed by atoms with Gasteiger partial charge >= 0.3 is 0 Å². The van der Waals surface area contributed by atoms with Crippen LogP contribution in [0.25, 0.3) is 0 Å². The molecule has 2 fully saturated rings. The molecule has 6 nitrogen and oxygen atoms in total. The number of hydrogen-bond donors (Lipinski definition) is 2. The highest BCUT2D eigenvalue weighted by atomic mass is 16.5. The molecule has 0 bridgehead atoms. The van der Waals surface area contributed by atoms with E-state index < -0.39 is 34.1 Å². The fourth-order valence-electron chi connectivity index (χ4n) is 6.92. The van der Waals surface area contributed by atoms with Gasteiger partial charge in [0.2, 0.25) is 11.6 Å². The number of fused-ring (bicyclic) bond motifs is 5. The second-order valence-corrected chi connectivity index (χ2v) is 10.4. The van der Waals surface area contributed by atoms with Crippen molar-refractivity contribution in [3.63, 3.8) is 0 Å². The van der Waals surface area contributed by atoms with Gasteiger partial charge in [-0.15, -0.1) is 0 Å². The van der Waals surface area contributed by atoms with Crippen molar-refractivity contribution in [1.29, 1.82) is 0 Å². The fraction of sp³-hybridized carbons (Fsp3) is 0.654. The minimum Gasteiger partial charge on any atom is -0.493 e. The summed E-state index contributed by atoms with van der Waals surface area (Å²) in [6.07, 6.45) is 7.65. The third-order valence-electron chi connectivity index (χ3n) is 8.85. The van der Waals surface area contributed by atoms with Crippen LogP contribution in [-0.2, 0) is 19.1 Å². The zero-order valence-electron chi connectivity index (χ0n) is 19.4. The van der Waals surface area contributed by atoms with Gasteiger partial charge in [-0.05, 0) is 69.4 Å². The van der Waals surface area contributed by atoms with Crippen molar-refractivity contribution >= 4 is 17.3 Å². The van der Waals surface area contributed by atoms with Gasteiger partial charge in [0, 0.05) is 17.3 Å². The molecule has 5 unspecified atom stereocenters. The molecule has 6 heteroatoms. The van der Waals surface area contributed by atoms with Crippen LogP contribution >= 0.6 is 0 Å². The average molecular weight is 443 g/mol. The number of allylic oxidation sites excluding steroid dienone is 5. The predicted octanol–water partition coefficient (Wildman–Crippen LogP) is 3.22. The molecule has 32 heavy (non-hydrogen) atoms. The van der Waals surface area contributed by atoms with E-state index in [1.54, 1.807) is 6.08 Å². The normalized spacial score (nSPS) is 39.1. The number of ketones is 3. The van der Waals surface area contributed by atoms with Crippen molar-refractivity contribution in [2.75, 3.05) is 7.11 Å². The molecule has 0 aromatic rings. The number of Topliss-reactive ketones (excluding diaryl/α,β-unsaturated/α-hetero) is 2. The number of carbonyl (C=O) groups is 3. The van der Waals surface area contributed by atoms with Crippen molar-refractivity contribution in [2.24, 2.45) is 22.7 Å². The van der Waals surface area contributed by atoms with E-state index in [-0.39, 0.29) is 30.5 Å². The molecule has 0 saturated heterocycles. The Hall–Kier alpha value is -2.05. The lowest BCUT2D eigenvalue weighted by Gasteiger charge is -2.53. The third kappa shape index (κ3) is 3.02. The van der Waals surface area contributed by atoms with Crippen molar-refractivity contribution in [2.45, 2.75) is 77.4 Å². The monoisotopic (exact) mass is 442 g/mol. The summed E-state index contributed by atoms with van der Waals surface area (Å²) in [7, 11) is 1.51. The Morgan fingerprint density at radius 2 is 2.00 bits per heavy atom. The van der Waals surface area contributed by atoms with Crippen LogP contribution in [0.15, 0.2) is 35.1 Å². The Morgan fingerprint density at radius 3 is 2.66 bits per heavy atom. The van der Waals surface area contributed by atoms with E-state index in [9.17, 15) is 24.6 Å². The second kappa shape index (κ2) is 7.77. The molecule has 0 radical (unpaired) electrons. The van der Waals surface area contributed by atoms with Gasteiger partial charge in [0.1, 0.15) is 5.60 Å². The van der Waals surface area contributed by atoms with Gasteiger partial charge in [0.25, 0.3) is 0 Å². The summed E-state index contributed by atoms with van der Waals surface area (Å²) < 4.78 is 5.33. The third-order valence-corrected chi connectivity index (χ3v) is 8.85. The molecule has 0 aromatic heterocycles. The number of methoxy groups -OCH3 is 1. The minimum absolute atomic E-state index is 0.0559. The van der Waals surface area contributed by atoms with Crippen molar-refractivity contribution in [1.82, 2.24) is 0 Å². The quantitative estimate of drug-likeness (QED) is 0.484. The first-order valence-electron chi connectivity index (χ1n) is 11.7. The van der Waals surface area contributed by atoms with E-state index in [0.29, 0.717) is 25.0 Å². The summed E-state index contributed by atoms with van der Waals surface area (Å²) in [6.45, 7) is 5.87. The van der Waals surface area contributed by atoms with Crippen LogP contribution in [-0.4, -0.2) is 46.4 Å². The first kappa shape index (κ1) is 23.1. The summed E-state index contributed by atoms with van der Waals surface area (Å²) in [5.41, 5.74) is -0.583. The number of aliphatic hydroxyl groups excluding tert-OH is 1. The molecule has 6 atom stereocenters. The van der Waals surface area contributed by atoms with E-state index in [1.165, 1.54) is 12.7 Å². The highest BCUT2D eigenvalue weighted by Gasteiger charge is 2.65. The molecular weight excluding hydrogens is 408 g/mol. The van der Waals surface area contributed by atoms with Crippen molar-refractivity contribution in [3.05, 3.63) is 35.1 Å². The van der Waals surface area contributed by atoms with E-state index in [1.807, 2.05) is 19.9 Å². The van der Waals surface area contributed by atoms with Crippen LogP contribution in [0, 0.1) is 22.7 Å². The fourth-order valence-corrected chi connectivity index (χ4v) is 6.92. The van der Waals surface area contributed by atoms with Crippen LogP contribution < -0.4 is 0 Å². The lowest BCUT2D eigenvalue weighted by molar-refractivity contribution is -0.164. The number of carbonyl (C=O) groups excluding carboxylic acids is 3. The van der Waals surface area contributed by atoms with Gasteiger partial charge in [-0.2, -0.15) is 0 Å². The molecule has 0 aliphatic heterocycles. The average Bonchev–Trinajstić information content (AvgIpc) is 3.04. The Bertz CT molecular complexity index is 957. The molecule has 174 valence electrons. The van der Waals surface area contributed by atoms with Gasteiger partial charge in [0.15, 0.2) is 17.6 Å². The molecular formula is C26H34O6. The minimum atomic E-state index is -1.77. The molecule has 4 aliphatic rings. The zero-order chi connectivity index (χ0) is 23.5. The summed E-state index contributed by atoms with van der Waals surface area (Å²) in [5.74, 6) is -0.809. The highest BCUT2D eigenvalue weighted by Crippen LogP contribution is 2.65. The Kier molecular flexibility index (Phi) is 5.61. The standard InChI is InChI=1S/C26H34O6/c1-5-6-19(27)22(29)23(30)26(31)12-10-18-16-8-7-15-13-20(28)21(32-4)14-24(15,2)17(16)9-11-25(18,26)3/h9,13-14,16,18,22,29,31H,5-8,10-12H2,1-4H3/t16?,18?,22?,24?,25?,26-/m0/s1. The van der Waals surface area contributed by atoms with Gasteiger partial charge in [-0.25, -0.2) is 0 Å². The molecule has 0 heterocycles. The maximum atomic E-state index is 13.2. The smallest absolute Gasteiger partial charge is 0.220 e. The van der Waals surface area contributed by atoms with Gasteiger partial charge in [-0.1, -0.05) is 31.1 Å². The number of hydrogen-bond acceptors (Lipinski definition) is 6. The van der Waals surface area contributed by atoms with Gasteiger partial charge in [0.05, 0.1) is 7.11 Å². The second-order valence-electron chi connectivity index (χ2n) is 10.4. The SMILES string of the molecule is CCCC(=O)C(O)C(=O)[C@@]1(O)CCC2C3CCC4=CC(=O)C(OC)=CC4(C)C3=CCC21C. The summed E-state index contributed by atoms with van der Waals surface area (Å²) in [6, 6.07) is 0. The Balaban J connectivity index is 1.70. The van der Waals surface area contributed by atoms with E-state index in [4.69, 9.17) is 4.74 Å². The summed E-state index contributed by atoms with van der Waals surface area (Å²) in [5, 5.41) is 22.0. The van der Waals surface area contributed by atoms with Crippen LogP contribution in [0.4, 0.5) is 0 Å². The molecule has 0 aromatic carbocycles. The van der Waals surface area contributed by atoms with Gasteiger partial charge in [-0.3, -0.25) is 14.4 Å². The largest absolute Gasteiger partial charge is 0.493 e. The van der Waals surface area contributed by atoms with Crippen LogP contribution in [0.1, 0.15) is 65.7 Å². The Labute approximate surface area is 189 Å². The van der Waals surface area contributed by atoms with Gasteiger partial charge < -0.3 is 14.9 Å². The van der Waals surface area contributed by atoms with Crippen LogP contribution in [0.5, 0.6) is 0 Å². The first-order chi connectivity index (χ1) is 15.0. The topological polar surface area (TPSA) is 101 Å². The lowest BCUT2D eigenvalue weighted by atomic mass is 9.51. The van der Waals surface area contributed by atoms with E-state index in [2.05, 4.69) is 13.0 Å². The number of aliphatic hydroxyl groups is 2. The van der Waals surface area contributed by atoms with Crippen LogP contribution in [0.2, 0.25) is 0 Å². The summed E-state index contributed by atoms with van der Waals surface area (Å²) >= 11 is 0. The molecule has 4 aliphatic carbocycles. The first-order valence-corrected chi connectivity index (χ1v) is 11.7. The number of ether oxygens (including phenoxy) is 1. The maximum Gasteiger partial charge on any atom is 0.220 e. The Morgan fingerprint density at radius 1 is 1.28 bits per heavy atom. The van der Waals surface area contributed by atoms with Crippen molar-refractivity contribution in [3.8, 4) is 0 Å². The predicted molar refractivity (Wildman–Crippen MR) is 118 cm³/mol.